The van der Waals surface area contributed by atoms with Gasteiger partial charge < -0.3 is 14.8 Å². The number of aromatic nitrogens is 1. The number of carbonyl (C=O) groups excluding carboxylic acids is 1. The normalized spacial score (nSPS) is 22.1. The van der Waals surface area contributed by atoms with E-state index in [9.17, 15) is 4.79 Å². The first-order valence-corrected chi connectivity index (χ1v) is 7.99. The summed E-state index contributed by atoms with van der Waals surface area (Å²) in [6.07, 6.45) is 7.87. The van der Waals surface area contributed by atoms with Gasteiger partial charge in [0.2, 0.25) is 0 Å². The van der Waals surface area contributed by atoms with E-state index in [4.69, 9.17) is 0 Å². The maximum absolute atomic E-state index is 12.8. The molecular formula is C16H25N3O. The molecule has 1 aliphatic carbocycles. The van der Waals surface area contributed by atoms with E-state index in [0.717, 1.165) is 31.7 Å². The van der Waals surface area contributed by atoms with Crippen LogP contribution in [0.5, 0.6) is 0 Å². The maximum atomic E-state index is 12.8. The molecule has 0 spiro atoms. The topological polar surface area (TPSA) is 37.3 Å². The summed E-state index contributed by atoms with van der Waals surface area (Å²) in [4.78, 5) is 15.0. The lowest BCUT2D eigenvalue weighted by atomic mass is 10.2. The number of hydrogen-bond donors (Lipinski definition) is 1. The van der Waals surface area contributed by atoms with Crippen molar-refractivity contribution in [1.29, 1.82) is 0 Å². The zero-order valence-corrected chi connectivity index (χ0v) is 12.3. The third-order valence-corrected chi connectivity index (χ3v) is 4.34. The number of carbonyl (C=O) groups is 1. The van der Waals surface area contributed by atoms with Gasteiger partial charge in [0, 0.05) is 31.4 Å². The van der Waals surface area contributed by atoms with Gasteiger partial charge in [0.25, 0.3) is 5.91 Å². The fourth-order valence-electron chi connectivity index (χ4n) is 3.13. The monoisotopic (exact) mass is 275 g/mol. The molecule has 20 heavy (non-hydrogen) atoms. The fraction of sp³-hybridized carbons (Fsp3) is 0.688. The summed E-state index contributed by atoms with van der Waals surface area (Å²) in [5.41, 5.74) is 0.858. The van der Waals surface area contributed by atoms with Crippen LogP contribution >= 0.6 is 0 Å². The first-order valence-electron chi connectivity index (χ1n) is 7.99. The number of rotatable bonds is 6. The molecule has 4 nitrogen and oxygen atoms in total. The van der Waals surface area contributed by atoms with Gasteiger partial charge in [-0.2, -0.15) is 0 Å². The van der Waals surface area contributed by atoms with Gasteiger partial charge in [-0.05, 0) is 50.8 Å². The van der Waals surface area contributed by atoms with Crippen molar-refractivity contribution < 1.29 is 4.79 Å². The molecule has 2 heterocycles. The van der Waals surface area contributed by atoms with Crippen LogP contribution in [0.2, 0.25) is 0 Å². The van der Waals surface area contributed by atoms with Gasteiger partial charge in [-0.25, -0.2) is 0 Å². The number of amides is 1. The zero-order valence-electron chi connectivity index (χ0n) is 12.3. The SMILES string of the molecule is CCCn1cccc1C(=O)N(CC1CCCN1)C1CC1. The molecule has 1 saturated carbocycles. The lowest BCUT2D eigenvalue weighted by Crippen LogP contribution is -2.43. The molecule has 0 bridgehead atoms. The molecule has 1 aliphatic heterocycles. The van der Waals surface area contributed by atoms with Crippen molar-refractivity contribution in [2.45, 2.75) is 57.7 Å². The quantitative estimate of drug-likeness (QED) is 0.864. The molecule has 1 aromatic heterocycles. The van der Waals surface area contributed by atoms with Crippen molar-refractivity contribution in [3.63, 3.8) is 0 Å². The Balaban J connectivity index is 1.72. The summed E-state index contributed by atoms with van der Waals surface area (Å²) in [5, 5.41) is 3.51. The minimum absolute atomic E-state index is 0.222. The van der Waals surface area contributed by atoms with Gasteiger partial charge >= 0.3 is 0 Å². The van der Waals surface area contributed by atoms with Crippen molar-refractivity contribution in [1.82, 2.24) is 14.8 Å². The van der Waals surface area contributed by atoms with Gasteiger partial charge in [0.05, 0.1) is 0 Å². The Morgan fingerprint density at radius 1 is 1.45 bits per heavy atom. The summed E-state index contributed by atoms with van der Waals surface area (Å²) in [6.45, 7) is 5.05. The van der Waals surface area contributed by atoms with Crippen LogP contribution in [0.1, 0.15) is 49.5 Å². The van der Waals surface area contributed by atoms with E-state index in [0.29, 0.717) is 12.1 Å². The molecule has 1 saturated heterocycles. The molecule has 1 unspecified atom stereocenters. The second-order valence-electron chi connectivity index (χ2n) is 6.07. The fourth-order valence-corrected chi connectivity index (χ4v) is 3.13. The summed E-state index contributed by atoms with van der Waals surface area (Å²) in [5.74, 6) is 0.222. The van der Waals surface area contributed by atoms with Gasteiger partial charge in [-0.15, -0.1) is 0 Å². The Hall–Kier alpha value is -1.29. The molecule has 4 heteroatoms. The van der Waals surface area contributed by atoms with Gasteiger partial charge in [0.15, 0.2) is 0 Å². The molecule has 1 aromatic rings. The van der Waals surface area contributed by atoms with Crippen LogP contribution in [0.15, 0.2) is 18.3 Å². The molecule has 2 aliphatic rings. The van der Waals surface area contributed by atoms with Crippen molar-refractivity contribution in [3.8, 4) is 0 Å². The van der Waals surface area contributed by atoms with Crippen LogP contribution in [0, 0.1) is 0 Å². The molecular weight excluding hydrogens is 250 g/mol. The van der Waals surface area contributed by atoms with Gasteiger partial charge in [0.1, 0.15) is 5.69 Å². The van der Waals surface area contributed by atoms with Crippen molar-refractivity contribution in [2.24, 2.45) is 0 Å². The number of nitrogens with one attached hydrogen (secondary N) is 1. The third kappa shape index (κ3) is 2.90. The molecule has 3 rings (SSSR count). The second kappa shape index (κ2) is 6.00. The predicted molar refractivity (Wildman–Crippen MR) is 79.8 cm³/mol. The Labute approximate surface area is 121 Å². The highest BCUT2D eigenvalue weighted by Gasteiger charge is 2.35. The predicted octanol–water partition coefficient (Wildman–Crippen LogP) is 2.25. The number of hydrogen-bond acceptors (Lipinski definition) is 2. The maximum Gasteiger partial charge on any atom is 0.270 e. The number of nitrogens with zero attached hydrogens (tertiary/aromatic N) is 2. The molecule has 1 N–H and O–H groups in total. The molecule has 1 atom stereocenters. The largest absolute Gasteiger partial charge is 0.344 e. The summed E-state index contributed by atoms with van der Waals surface area (Å²) < 4.78 is 2.10. The van der Waals surface area contributed by atoms with E-state index in [-0.39, 0.29) is 5.91 Å². The molecule has 0 radical (unpaired) electrons. The lowest BCUT2D eigenvalue weighted by Gasteiger charge is -2.26. The minimum atomic E-state index is 0.222. The Bertz CT molecular complexity index is 458. The van der Waals surface area contributed by atoms with E-state index in [1.165, 1.54) is 25.7 Å². The average molecular weight is 275 g/mol. The van der Waals surface area contributed by atoms with Crippen LogP contribution < -0.4 is 5.32 Å². The third-order valence-electron chi connectivity index (χ3n) is 4.34. The molecule has 0 aromatic carbocycles. The second-order valence-corrected chi connectivity index (χ2v) is 6.07. The summed E-state index contributed by atoms with van der Waals surface area (Å²) in [7, 11) is 0. The molecule has 1 amide bonds. The van der Waals surface area contributed by atoms with E-state index in [1.54, 1.807) is 0 Å². The van der Waals surface area contributed by atoms with Gasteiger partial charge in [-0.1, -0.05) is 6.92 Å². The first kappa shape index (κ1) is 13.7. The highest BCUT2D eigenvalue weighted by molar-refractivity contribution is 5.93. The Morgan fingerprint density at radius 3 is 2.95 bits per heavy atom. The Morgan fingerprint density at radius 2 is 2.30 bits per heavy atom. The van der Waals surface area contributed by atoms with Crippen molar-refractivity contribution in [3.05, 3.63) is 24.0 Å². The first-order chi connectivity index (χ1) is 9.79. The smallest absolute Gasteiger partial charge is 0.270 e. The highest BCUT2D eigenvalue weighted by atomic mass is 16.2. The lowest BCUT2D eigenvalue weighted by molar-refractivity contribution is 0.0717. The van der Waals surface area contributed by atoms with Crippen LogP contribution in [0.4, 0.5) is 0 Å². The standard InChI is InChI=1S/C16H25N3O/c1-2-10-18-11-4-6-15(18)16(20)19(14-7-8-14)12-13-5-3-9-17-13/h4,6,11,13-14,17H,2-3,5,7-10,12H2,1H3. The highest BCUT2D eigenvalue weighted by Crippen LogP contribution is 2.29. The minimum Gasteiger partial charge on any atom is -0.344 e. The van der Waals surface area contributed by atoms with Crippen LogP contribution in [0.25, 0.3) is 0 Å². The van der Waals surface area contributed by atoms with Crippen molar-refractivity contribution >= 4 is 5.91 Å². The molecule has 2 fully saturated rings. The zero-order chi connectivity index (χ0) is 13.9. The van der Waals surface area contributed by atoms with E-state index in [2.05, 4.69) is 21.7 Å². The number of aryl methyl sites for hydroxylation is 1. The van der Waals surface area contributed by atoms with Crippen molar-refractivity contribution in [2.75, 3.05) is 13.1 Å². The molecule has 110 valence electrons. The average Bonchev–Trinajstić information content (AvgIpc) is 2.97. The van der Waals surface area contributed by atoms with Gasteiger partial charge in [-0.3, -0.25) is 4.79 Å². The van der Waals surface area contributed by atoms with E-state index < -0.39 is 0 Å². The van der Waals surface area contributed by atoms with E-state index >= 15 is 0 Å². The summed E-state index contributed by atoms with van der Waals surface area (Å²) >= 11 is 0. The van der Waals surface area contributed by atoms with Crippen LogP contribution in [0.3, 0.4) is 0 Å². The van der Waals surface area contributed by atoms with Crippen LogP contribution in [-0.4, -0.2) is 40.5 Å². The Kier molecular flexibility index (Phi) is 4.10. The van der Waals surface area contributed by atoms with Crippen LogP contribution in [-0.2, 0) is 6.54 Å². The summed E-state index contributed by atoms with van der Waals surface area (Å²) in [6, 6.07) is 4.93. The van der Waals surface area contributed by atoms with E-state index in [1.807, 2.05) is 18.3 Å².